The number of rotatable bonds is 2. The molecule has 1 N–H and O–H groups in total. The third kappa shape index (κ3) is 3.01. The molecule has 0 aliphatic carbocycles. The van der Waals surface area contributed by atoms with Gasteiger partial charge in [0.1, 0.15) is 5.82 Å². The van der Waals surface area contributed by atoms with E-state index >= 15 is 0 Å². The molecule has 2 aliphatic rings. The lowest BCUT2D eigenvalue weighted by Gasteiger charge is -2.21. The summed E-state index contributed by atoms with van der Waals surface area (Å²) < 4.78 is 13.1. The summed E-state index contributed by atoms with van der Waals surface area (Å²) in [6.45, 7) is 3.88. The maximum absolute atomic E-state index is 13.1. The Bertz CT molecular complexity index is 477. The van der Waals surface area contributed by atoms with Gasteiger partial charge in [0.25, 0.3) is 0 Å². The number of nitrogens with one attached hydrogen (secondary N) is 1. The quantitative estimate of drug-likeness (QED) is 0.894. The fraction of sp³-hybridized carbons (Fsp3) is 0.562. The summed E-state index contributed by atoms with van der Waals surface area (Å²) >= 11 is 0. The van der Waals surface area contributed by atoms with Crippen molar-refractivity contribution in [2.24, 2.45) is 11.8 Å². The van der Waals surface area contributed by atoms with E-state index in [0.717, 1.165) is 56.4 Å². The van der Waals surface area contributed by atoms with Gasteiger partial charge in [0.15, 0.2) is 0 Å². The van der Waals surface area contributed by atoms with Gasteiger partial charge in [-0.1, -0.05) is 12.1 Å². The summed E-state index contributed by atoms with van der Waals surface area (Å²) in [5.41, 5.74) is 0.765. The molecule has 0 saturated carbocycles. The summed E-state index contributed by atoms with van der Waals surface area (Å²) in [4.78, 5) is 14.3. The molecule has 2 atom stereocenters. The Kier molecular flexibility index (Phi) is 4.01. The largest absolute Gasteiger partial charge is 0.342 e. The highest BCUT2D eigenvalue weighted by molar-refractivity contribution is 5.78. The molecule has 2 heterocycles. The molecular formula is C16H21FN2O. The molecule has 4 heteroatoms. The molecule has 3 nitrogen and oxygen atoms in total. The van der Waals surface area contributed by atoms with Crippen molar-refractivity contribution in [3.8, 4) is 0 Å². The molecule has 0 bridgehead atoms. The first-order chi connectivity index (χ1) is 9.72. The van der Waals surface area contributed by atoms with Gasteiger partial charge in [0.05, 0.1) is 6.42 Å². The highest BCUT2D eigenvalue weighted by atomic mass is 19.1. The number of benzene rings is 1. The van der Waals surface area contributed by atoms with Gasteiger partial charge in [0.2, 0.25) is 5.91 Å². The number of carbonyl (C=O) groups excluding carboxylic acids is 1. The Morgan fingerprint density at radius 3 is 2.60 bits per heavy atom. The molecule has 0 unspecified atom stereocenters. The van der Waals surface area contributed by atoms with Gasteiger partial charge < -0.3 is 10.2 Å². The predicted molar refractivity (Wildman–Crippen MR) is 75.8 cm³/mol. The van der Waals surface area contributed by atoms with Crippen molar-refractivity contribution < 1.29 is 9.18 Å². The maximum Gasteiger partial charge on any atom is 0.226 e. The molecule has 2 fully saturated rings. The smallest absolute Gasteiger partial charge is 0.226 e. The number of amides is 1. The summed E-state index contributed by atoms with van der Waals surface area (Å²) in [5.74, 6) is 1.30. The van der Waals surface area contributed by atoms with E-state index < -0.39 is 0 Å². The second kappa shape index (κ2) is 5.92. The minimum Gasteiger partial charge on any atom is -0.342 e. The molecule has 108 valence electrons. The van der Waals surface area contributed by atoms with Crippen molar-refractivity contribution >= 4 is 5.91 Å². The summed E-state index contributed by atoms with van der Waals surface area (Å²) in [6, 6.07) is 6.34. The second-order valence-electron chi connectivity index (χ2n) is 5.94. The van der Waals surface area contributed by atoms with Gasteiger partial charge >= 0.3 is 0 Å². The van der Waals surface area contributed by atoms with Crippen LogP contribution < -0.4 is 5.32 Å². The summed E-state index contributed by atoms with van der Waals surface area (Å²) in [6.07, 6.45) is 2.49. The van der Waals surface area contributed by atoms with E-state index in [1.165, 1.54) is 12.1 Å². The number of hydrogen-bond acceptors (Lipinski definition) is 2. The van der Waals surface area contributed by atoms with Crippen molar-refractivity contribution in [2.75, 3.05) is 26.2 Å². The van der Waals surface area contributed by atoms with Crippen molar-refractivity contribution in [3.05, 3.63) is 35.6 Å². The monoisotopic (exact) mass is 276 g/mol. The lowest BCUT2D eigenvalue weighted by Crippen LogP contribution is -2.33. The number of likely N-dealkylation sites (tertiary alicyclic amines) is 1. The molecule has 3 rings (SSSR count). The average Bonchev–Trinajstić information content (AvgIpc) is 2.77. The number of halogens is 1. The molecule has 1 aromatic carbocycles. The van der Waals surface area contributed by atoms with Crippen LogP contribution in [-0.2, 0) is 11.2 Å². The standard InChI is InChI=1S/C16H21FN2O/c17-15-3-1-2-12(8-15)9-16(20)19-6-4-13-10-18-11-14(13)5-7-19/h1-3,8,13-14,18H,4-7,9-11H2/t13-,14+. The molecular weight excluding hydrogens is 255 g/mol. The van der Waals surface area contributed by atoms with Crippen LogP contribution in [0.3, 0.4) is 0 Å². The fourth-order valence-electron chi connectivity index (χ4n) is 3.40. The molecule has 1 amide bonds. The Hall–Kier alpha value is -1.42. The van der Waals surface area contributed by atoms with E-state index in [4.69, 9.17) is 0 Å². The van der Waals surface area contributed by atoms with Crippen LogP contribution in [0.4, 0.5) is 4.39 Å². The zero-order valence-electron chi connectivity index (χ0n) is 11.6. The van der Waals surface area contributed by atoms with Gasteiger partial charge in [-0.3, -0.25) is 4.79 Å². The zero-order chi connectivity index (χ0) is 13.9. The fourth-order valence-corrected chi connectivity index (χ4v) is 3.40. The number of carbonyl (C=O) groups is 1. The van der Waals surface area contributed by atoms with Crippen molar-refractivity contribution in [1.29, 1.82) is 0 Å². The number of nitrogens with zero attached hydrogens (tertiary/aromatic N) is 1. The summed E-state index contributed by atoms with van der Waals surface area (Å²) in [5, 5.41) is 3.44. The van der Waals surface area contributed by atoms with E-state index in [1.807, 2.05) is 11.0 Å². The Morgan fingerprint density at radius 2 is 1.95 bits per heavy atom. The van der Waals surface area contributed by atoms with Crippen LogP contribution in [0.1, 0.15) is 18.4 Å². The van der Waals surface area contributed by atoms with E-state index in [2.05, 4.69) is 5.32 Å². The van der Waals surface area contributed by atoms with Gasteiger partial charge in [-0.25, -0.2) is 4.39 Å². The molecule has 1 aromatic rings. The van der Waals surface area contributed by atoms with Crippen molar-refractivity contribution in [3.63, 3.8) is 0 Å². The highest BCUT2D eigenvalue weighted by Gasteiger charge is 2.31. The SMILES string of the molecule is O=C(Cc1cccc(F)c1)N1CC[C@@H]2CNC[C@@H]2CC1. The van der Waals surface area contributed by atoms with E-state index in [1.54, 1.807) is 6.07 Å². The minimum atomic E-state index is -0.272. The van der Waals surface area contributed by atoms with E-state index in [-0.39, 0.29) is 11.7 Å². The first-order valence-corrected chi connectivity index (χ1v) is 7.45. The predicted octanol–water partition coefficient (Wildman–Crippen LogP) is 1.83. The highest BCUT2D eigenvalue weighted by Crippen LogP contribution is 2.27. The lowest BCUT2D eigenvalue weighted by atomic mass is 9.92. The normalized spacial score (nSPS) is 26.1. The molecule has 0 radical (unpaired) electrons. The maximum atomic E-state index is 13.1. The minimum absolute atomic E-state index is 0.128. The van der Waals surface area contributed by atoms with Crippen LogP contribution in [0.2, 0.25) is 0 Å². The van der Waals surface area contributed by atoms with Crippen molar-refractivity contribution in [1.82, 2.24) is 10.2 Å². The van der Waals surface area contributed by atoms with E-state index in [0.29, 0.717) is 6.42 Å². The van der Waals surface area contributed by atoms with Gasteiger partial charge in [0, 0.05) is 13.1 Å². The van der Waals surface area contributed by atoms with Crippen LogP contribution in [0, 0.1) is 17.7 Å². The average molecular weight is 276 g/mol. The third-order valence-corrected chi connectivity index (χ3v) is 4.62. The van der Waals surface area contributed by atoms with E-state index in [9.17, 15) is 9.18 Å². The molecule has 0 aromatic heterocycles. The first kappa shape index (κ1) is 13.6. The zero-order valence-corrected chi connectivity index (χ0v) is 11.6. The van der Waals surface area contributed by atoms with Crippen LogP contribution >= 0.6 is 0 Å². The Balaban J connectivity index is 1.60. The van der Waals surface area contributed by atoms with Gasteiger partial charge in [-0.2, -0.15) is 0 Å². The number of hydrogen-bond donors (Lipinski definition) is 1. The van der Waals surface area contributed by atoms with Gasteiger partial charge in [-0.15, -0.1) is 0 Å². The molecule has 2 saturated heterocycles. The second-order valence-corrected chi connectivity index (χ2v) is 5.94. The third-order valence-electron chi connectivity index (χ3n) is 4.62. The van der Waals surface area contributed by atoms with Crippen molar-refractivity contribution in [2.45, 2.75) is 19.3 Å². The van der Waals surface area contributed by atoms with Crippen LogP contribution in [-0.4, -0.2) is 37.0 Å². The topological polar surface area (TPSA) is 32.3 Å². The lowest BCUT2D eigenvalue weighted by molar-refractivity contribution is -0.130. The van der Waals surface area contributed by atoms with Gasteiger partial charge in [-0.05, 0) is 55.5 Å². The molecule has 0 spiro atoms. The molecule has 20 heavy (non-hydrogen) atoms. The Labute approximate surface area is 119 Å². The first-order valence-electron chi connectivity index (χ1n) is 7.45. The molecule has 2 aliphatic heterocycles. The van der Waals surface area contributed by atoms with Crippen LogP contribution in [0.15, 0.2) is 24.3 Å². The number of fused-ring (bicyclic) bond motifs is 1. The summed E-state index contributed by atoms with van der Waals surface area (Å²) in [7, 11) is 0. The van der Waals surface area contributed by atoms with Crippen LogP contribution in [0.25, 0.3) is 0 Å². The Morgan fingerprint density at radius 1 is 1.25 bits per heavy atom. The van der Waals surface area contributed by atoms with Crippen LogP contribution in [0.5, 0.6) is 0 Å².